The molecule has 0 N–H and O–H groups in total. The first-order valence-electron chi connectivity index (χ1n) is 7.57. The van der Waals surface area contributed by atoms with Crippen LogP contribution < -0.4 is 0 Å². The first kappa shape index (κ1) is 14.6. The van der Waals surface area contributed by atoms with Gasteiger partial charge in [0.15, 0.2) is 0 Å². The van der Waals surface area contributed by atoms with Gasteiger partial charge in [-0.15, -0.1) is 0 Å². The van der Waals surface area contributed by atoms with Crippen LogP contribution in [-0.4, -0.2) is 20.7 Å². The molecule has 0 spiro atoms. The zero-order valence-corrected chi connectivity index (χ0v) is 13.9. The van der Waals surface area contributed by atoms with E-state index in [0.717, 1.165) is 12.8 Å². The van der Waals surface area contributed by atoms with Gasteiger partial charge in [-0.3, -0.25) is 0 Å². The number of ketones is 1. The van der Waals surface area contributed by atoms with Gasteiger partial charge in [0.1, 0.15) is 0 Å². The molecule has 1 aliphatic heterocycles. The van der Waals surface area contributed by atoms with E-state index in [2.05, 4.69) is 61.5 Å². The molecular formula is C19H20OSe. The molecule has 2 aromatic rings. The number of benzene rings is 2. The molecule has 3 rings (SSSR count). The van der Waals surface area contributed by atoms with E-state index in [1.54, 1.807) is 0 Å². The third-order valence-electron chi connectivity index (χ3n) is 4.22. The van der Waals surface area contributed by atoms with Gasteiger partial charge >= 0.3 is 133 Å². The summed E-state index contributed by atoms with van der Waals surface area (Å²) in [5, 5.41) is 0. The van der Waals surface area contributed by atoms with Gasteiger partial charge in [-0.25, -0.2) is 0 Å². The fourth-order valence-electron chi connectivity index (χ4n) is 3.08. The quantitative estimate of drug-likeness (QED) is 0.765. The molecule has 2 aromatic carbocycles. The summed E-state index contributed by atoms with van der Waals surface area (Å²) in [6.45, 7) is 2.15. The molecular weight excluding hydrogens is 323 g/mol. The Morgan fingerprint density at radius 2 is 1.52 bits per heavy atom. The van der Waals surface area contributed by atoms with E-state index >= 15 is 0 Å². The Kier molecular flexibility index (Phi) is 4.57. The van der Waals surface area contributed by atoms with Crippen molar-refractivity contribution in [3.05, 3.63) is 71.8 Å². The summed E-state index contributed by atoms with van der Waals surface area (Å²) in [5.74, 6) is 0.667. The van der Waals surface area contributed by atoms with Crippen molar-refractivity contribution < 1.29 is 4.79 Å². The van der Waals surface area contributed by atoms with E-state index in [-0.39, 0.29) is 5.92 Å². The molecule has 108 valence electrons. The second kappa shape index (κ2) is 6.60. The zero-order chi connectivity index (χ0) is 14.7. The number of rotatable bonds is 3. The molecule has 2 heteroatoms. The minimum absolute atomic E-state index is 0.215. The third kappa shape index (κ3) is 3.12. The first-order valence-corrected chi connectivity index (χ1v) is 9.55. The summed E-state index contributed by atoms with van der Waals surface area (Å²) < 4.78 is 0. The van der Waals surface area contributed by atoms with Crippen LogP contribution in [-0.2, 0) is 4.79 Å². The molecule has 1 nitrogen and oxygen atoms in total. The van der Waals surface area contributed by atoms with Crippen molar-refractivity contribution >= 4 is 20.7 Å². The van der Waals surface area contributed by atoms with Gasteiger partial charge in [0, 0.05) is 0 Å². The molecule has 0 amide bonds. The van der Waals surface area contributed by atoms with Crippen molar-refractivity contribution in [1.29, 1.82) is 0 Å². The van der Waals surface area contributed by atoms with Gasteiger partial charge in [0.05, 0.1) is 0 Å². The minimum atomic E-state index is 0.215. The van der Waals surface area contributed by atoms with Crippen LogP contribution in [0.1, 0.15) is 40.5 Å². The van der Waals surface area contributed by atoms with Crippen LogP contribution in [0.4, 0.5) is 0 Å². The summed E-state index contributed by atoms with van der Waals surface area (Å²) in [7, 11) is 0. The van der Waals surface area contributed by atoms with Crippen LogP contribution in [0.3, 0.4) is 0 Å². The van der Waals surface area contributed by atoms with Gasteiger partial charge in [-0.2, -0.15) is 0 Å². The first-order chi connectivity index (χ1) is 10.3. The van der Waals surface area contributed by atoms with Gasteiger partial charge in [0.25, 0.3) is 0 Å². The summed E-state index contributed by atoms with van der Waals surface area (Å²) >= 11 is 0.428. The molecule has 0 radical (unpaired) electrons. The Bertz CT molecular complexity index is 593. The van der Waals surface area contributed by atoms with E-state index in [0.29, 0.717) is 30.4 Å². The predicted molar refractivity (Wildman–Crippen MR) is 87.5 cm³/mol. The van der Waals surface area contributed by atoms with Crippen LogP contribution in [0.2, 0.25) is 0 Å². The normalized spacial score (nSPS) is 25.8. The molecule has 0 aromatic heterocycles. The van der Waals surface area contributed by atoms with Gasteiger partial charge in [-0.05, 0) is 0 Å². The van der Waals surface area contributed by atoms with Crippen LogP contribution in [0.5, 0.6) is 0 Å². The monoisotopic (exact) mass is 344 g/mol. The van der Waals surface area contributed by atoms with E-state index in [1.807, 2.05) is 6.07 Å². The fourth-order valence-corrected chi connectivity index (χ4v) is 6.81. The van der Waals surface area contributed by atoms with Crippen LogP contribution in [0.25, 0.3) is 0 Å². The van der Waals surface area contributed by atoms with Crippen molar-refractivity contribution in [3.63, 3.8) is 0 Å². The van der Waals surface area contributed by atoms with Gasteiger partial charge in [0.2, 0.25) is 0 Å². The average Bonchev–Trinajstić information content (AvgIpc) is 2.55. The zero-order valence-electron chi connectivity index (χ0n) is 12.2. The maximum absolute atomic E-state index is 12.6. The molecule has 1 heterocycles. The second-order valence-corrected chi connectivity index (χ2v) is 8.38. The van der Waals surface area contributed by atoms with Crippen molar-refractivity contribution in [1.82, 2.24) is 0 Å². The molecule has 0 bridgehead atoms. The SMILES string of the molecule is CC[C@@H]1C(=O)C[C@@H](c2ccccc2)[Se][C@H]1c1ccccc1. The Hall–Kier alpha value is -1.37. The van der Waals surface area contributed by atoms with Crippen molar-refractivity contribution in [2.24, 2.45) is 5.92 Å². The van der Waals surface area contributed by atoms with Crippen molar-refractivity contribution in [2.75, 3.05) is 0 Å². The Balaban J connectivity index is 1.91. The van der Waals surface area contributed by atoms with E-state index < -0.39 is 0 Å². The maximum atomic E-state index is 12.6. The third-order valence-corrected chi connectivity index (χ3v) is 7.70. The molecule has 21 heavy (non-hydrogen) atoms. The Labute approximate surface area is 132 Å². The standard InChI is InChI=1S/C19H20OSe/c1-2-16-17(20)13-18(14-9-5-3-6-10-14)21-19(16)15-11-7-4-8-12-15/h3-12,16,18-19H,2,13H2,1H3/t16-,18+,19+/m1/s1. The number of Topliss-reactive ketones (excluding diaryl/α,β-unsaturated/α-hetero) is 1. The number of hydrogen-bond acceptors (Lipinski definition) is 1. The fraction of sp³-hybridized carbons (Fsp3) is 0.316. The molecule has 1 saturated heterocycles. The van der Waals surface area contributed by atoms with Crippen molar-refractivity contribution in [2.45, 2.75) is 29.4 Å². The van der Waals surface area contributed by atoms with Crippen LogP contribution >= 0.6 is 0 Å². The van der Waals surface area contributed by atoms with Crippen molar-refractivity contribution in [3.8, 4) is 0 Å². The summed E-state index contributed by atoms with van der Waals surface area (Å²) in [5.41, 5.74) is 2.68. The molecule has 0 saturated carbocycles. The summed E-state index contributed by atoms with van der Waals surface area (Å²) in [6, 6.07) is 21.2. The van der Waals surface area contributed by atoms with Gasteiger partial charge in [-0.1, -0.05) is 0 Å². The van der Waals surface area contributed by atoms with Gasteiger partial charge < -0.3 is 0 Å². The number of carbonyl (C=O) groups is 1. The topological polar surface area (TPSA) is 17.1 Å². The molecule has 1 aliphatic rings. The Morgan fingerprint density at radius 3 is 2.10 bits per heavy atom. The Morgan fingerprint density at radius 1 is 0.952 bits per heavy atom. The second-order valence-electron chi connectivity index (χ2n) is 5.55. The van der Waals surface area contributed by atoms with E-state index in [1.165, 1.54) is 11.1 Å². The molecule has 3 atom stereocenters. The van der Waals surface area contributed by atoms with E-state index in [4.69, 9.17) is 0 Å². The number of carbonyl (C=O) groups excluding carboxylic acids is 1. The molecule has 0 unspecified atom stereocenters. The summed E-state index contributed by atoms with van der Waals surface area (Å²) in [4.78, 5) is 13.5. The van der Waals surface area contributed by atoms with Crippen LogP contribution in [0.15, 0.2) is 60.7 Å². The molecule has 0 aliphatic carbocycles. The summed E-state index contributed by atoms with van der Waals surface area (Å²) in [6.07, 6.45) is 1.69. The molecule has 1 fully saturated rings. The van der Waals surface area contributed by atoms with E-state index in [9.17, 15) is 4.79 Å². The van der Waals surface area contributed by atoms with Crippen LogP contribution in [0, 0.1) is 5.92 Å². The predicted octanol–water partition coefficient (Wildman–Crippen LogP) is 4.17. The number of hydrogen-bond donors (Lipinski definition) is 0. The average molecular weight is 343 g/mol.